The van der Waals surface area contributed by atoms with Crippen LogP contribution in [-0.4, -0.2) is 29.9 Å². The van der Waals surface area contributed by atoms with Gasteiger partial charge in [-0.15, -0.1) is 0 Å². The molecular formula is C21H21N3O4. The molecule has 1 atom stereocenters. The van der Waals surface area contributed by atoms with E-state index in [0.29, 0.717) is 18.8 Å². The smallest absolute Gasteiger partial charge is 0.287 e. The topological polar surface area (TPSA) is 93.5 Å². The molecule has 7 nitrogen and oxygen atoms in total. The van der Waals surface area contributed by atoms with Gasteiger partial charge in [0.05, 0.1) is 13.4 Å². The zero-order valence-corrected chi connectivity index (χ0v) is 15.4. The standard InChI is InChI=1S/C21H21N3O4/c1-27-19-13-16(9-10-22-19)14-23-20(25)17(12-15-6-3-2-4-7-15)24-21(26)18-8-5-11-28-18/h2-11,13,17H,12,14H2,1H3,(H,23,25)(H,24,26). The zero-order valence-electron chi connectivity index (χ0n) is 15.4. The van der Waals surface area contributed by atoms with E-state index < -0.39 is 11.9 Å². The summed E-state index contributed by atoms with van der Waals surface area (Å²) in [5.74, 6) is -0.102. The Morgan fingerprint density at radius 3 is 2.64 bits per heavy atom. The first-order chi connectivity index (χ1) is 13.7. The van der Waals surface area contributed by atoms with Gasteiger partial charge in [0.25, 0.3) is 5.91 Å². The predicted octanol–water partition coefficient (Wildman–Crippen LogP) is 2.34. The Labute approximate surface area is 162 Å². The number of aromatic nitrogens is 1. The van der Waals surface area contributed by atoms with Gasteiger partial charge in [0.15, 0.2) is 5.76 Å². The van der Waals surface area contributed by atoms with E-state index >= 15 is 0 Å². The molecule has 1 unspecified atom stereocenters. The number of benzene rings is 1. The number of carbonyl (C=O) groups is 2. The Balaban J connectivity index is 1.69. The van der Waals surface area contributed by atoms with E-state index in [0.717, 1.165) is 11.1 Å². The molecule has 0 saturated carbocycles. The van der Waals surface area contributed by atoms with Crippen LogP contribution in [0, 0.1) is 0 Å². The maximum Gasteiger partial charge on any atom is 0.287 e. The SMILES string of the molecule is COc1cc(CNC(=O)C(Cc2ccccc2)NC(=O)c2ccco2)ccn1. The summed E-state index contributed by atoms with van der Waals surface area (Å²) in [6.07, 6.45) is 3.39. The van der Waals surface area contributed by atoms with Crippen LogP contribution >= 0.6 is 0 Å². The molecule has 2 amide bonds. The highest BCUT2D eigenvalue weighted by Gasteiger charge is 2.23. The molecule has 3 rings (SSSR count). The summed E-state index contributed by atoms with van der Waals surface area (Å²) in [7, 11) is 1.53. The second-order valence-electron chi connectivity index (χ2n) is 6.12. The Hall–Kier alpha value is -3.61. The van der Waals surface area contributed by atoms with Crippen molar-refractivity contribution in [3.63, 3.8) is 0 Å². The number of amides is 2. The number of rotatable bonds is 8. The van der Waals surface area contributed by atoms with Crippen molar-refractivity contribution < 1.29 is 18.7 Å². The third-order valence-electron chi connectivity index (χ3n) is 4.12. The summed E-state index contributed by atoms with van der Waals surface area (Å²) >= 11 is 0. The number of hydrogen-bond donors (Lipinski definition) is 2. The number of nitrogens with one attached hydrogen (secondary N) is 2. The Kier molecular flexibility index (Phi) is 6.41. The first kappa shape index (κ1) is 19.2. The van der Waals surface area contributed by atoms with Gasteiger partial charge in [-0.25, -0.2) is 4.98 Å². The van der Waals surface area contributed by atoms with Crippen molar-refractivity contribution in [2.24, 2.45) is 0 Å². The first-order valence-corrected chi connectivity index (χ1v) is 8.80. The van der Waals surface area contributed by atoms with Gasteiger partial charge in [0, 0.05) is 25.2 Å². The monoisotopic (exact) mass is 379 g/mol. The van der Waals surface area contributed by atoms with E-state index in [4.69, 9.17) is 9.15 Å². The van der Waals surface area contributed by atoms with Crippen LogP contribution in [0.3, 0.4) is 0 Å². The lowest BCUT2D eigenvalue weighted by Crippen LogP contribution is -2.47. The Morgan fingerprint density at radius 2 is 1.93 bits per heavy atom. The maximum atomic E-state index is 12.8. The summed E-state index contributed by atoms with van der Waals surface area (Å²) in [6.45, 7) is 0.291. The molecule has 0 aliphatic carbocycles. The van der Waals surface area contributed by atoms with Gasteiger partial charge in [-0.05, 0) is 29.3 Å². The molecule has 0 radical (unpaired) electrons. The molecule has 2 aromatic heterocycles. The van der Waals surface area contributed by atoms with E-state index in [9.17, 15) is 9.59 Å². The van der Waals surface area contributed by atoms with Gasteiger partial charge in [0.1, 0.15) is 6.04 Å². The van der Waals surface area contributed by atoms with Crippen LogP contribution in [0.1, 0.15) is 21.7 Å². The van der Waals surface area contributed by atoms with Crippen LogP contribution in [0.5, 0.6) is 5.88 Å². The van der Waals surface area contributed by atoms with Crippen LogP contribution < -0.4 is 15.4 Å². The number of methoxy groups -OCH3 is 1. The minimum Gasteiger partial charge on any atom is -0.481 e. The highest BCUT2D eigenvalue weighted by molar-refractivity contribution is 5.95. The minimum atomic E-state index is -0.747. The average molecular weight is 379 g/mol. The summed E-state index contributed by atoms with van der Waals surface area (Å²) in [5.41, 5.74) is 1.78. The quantitative estimate of drug-likeness (QED) is 0.627. The molecule has 0 aliphatic rings. The summed E-state index contributed by atoms with van der Waals surface area (Å²) in [6, 6.07) is 15.5. The summed E-state index contributed by atoms with van der Waals surface area (Å²) < 4.78 is 10.2. The lowest BCUT2D eigenvalue weighted by atomic mass is 10.0. The maximum absolute atomic E-state index is 12.8. The van der Waals surface area contributed by atoms with Gasteiger partial charge in [-0.3, -0.25) is 9.59 Å². The highest BCUT2D eigenvalue weighted by atomic mass is 16.5. The molecule has 0 saturated heterocycles. The van der Waals surface area contributed by atoms with Crippen molar-refractivity contribution in [1.29, 1.82) is 0 Å². The third kappa shape index (κ3) is 5.20. The van der Waals surface area contributed by atoms with Crippen molar-refractivity contribution in [1.82, 2.24) is 15.6 Å². The molecule has 0 fully saturated rings. The van der Waals surface area contributed by atoms with Gasteiger partial charge < -0.3 is 19.8 Å². The zero-order chi connectivity index (χ0) is 19.8. The molecule has 144 valence electrons. The normalized spacial score (nSPS) is 11.5. The highest BCUT2D eigenvalue weighted by Crippen LogP contribution is 2.09. The fourth-order valence-electron chi connectivity index (χ4n) is 2.68. The van der Waals surface area contributed by atoms with E-state index in [1.165, 1.54) is 13.4 Å². The van der Waals surface area contributed by atoms with Gasteiger partial charge in [-0.1, -0.05) is 30.3 Å². The Morgan fingerprint density at radius 1 is 1.11 bits per heavy atom. The molecule has 2 heterocycles. The van der Waals surface area contributed by atoms with Crippen LogP contribution in [-0.2, 0) is 17.8 Å². The predicted molar refractivity (Wildman–Crippen MR) is 103 cm³/mol. The fraction of sp³-hybridized carbons (Fsp3) is 0.190. The van der Waals surface area contributed by atoms with Crippen molar-refractivity contribution in [2.45, 2.75) is 19.0 Å². The second kappa shape index (κ2) is 9.36. The second-order valence-corrected chi connectivity index (χ2v) is 6.12. The molecule has 28 heavy (non-hydrogen) atoms. The first-order valence-electron chi connectivity index (χ1n) is 8.80. The molecule has 0 aliphatic heterocycles. The molecule has 2 N–H and O–H groups in total. The van der Waals surface area contributed by atoms with Crippen LogP contribution in [0.2, 0.25) is 0 Å². The number of pyridine rings is 1. The van der Waals surface area contributed by atoms with Crippen LogP contribution in [0.25, 0.3) is 0 Å². The van der Waals surface area contributed by atoms with Gasteiger partial charge in [-0.2, -0.15) is 0 Å². The van der Waals surface area contributed by atoms with Crippen molar-refractivity contribution in [3.05, 3.63) is 83.9 Å². The lowest BCUT2D eigenvalue weighted by molar-refractivity contribution is -0.123. The third-order valence-corrected chi connectivity index (χ3v) is 4.12. The van der Waals surface area contributed by atoms with E-state index in [-0.39, 0.29) is 11.7 Å². The lowest BCUT2D eigenvalue weighted by Gasteiger charge is -2.18. The van der Waals surface area contributed by atoms with Crippen molar-refractivity contribution in [3.8, 4) is 5.88 Å². The number of furan rings is 1. The van der Waals surface area contributed by atoms with Gasteiger partial charge >= 0.3 is 0 Å². The number of hydrogen-bond acceptors (Lipinski definition) is 5. The summed E-state index contributed by atoms with van der Waals surface area (Å²) in [5, 5.41) is 5.60. The van der Waals surface area contributed by atoms with E-state index in [2.05, 4.69) is 15.6 Å². The molecule has 1 aromatic carbocycles. The minimum absolute atomic E-state index is 0.157. The largest absolute Gasteiger partial charge is 0.481 e. The number of ether oxygens (including phenoxy) is 1. The van der Waals surface area contributed by atoms with E-state index in [1.54, 1.807) is 30.5 Å². The molecule has 0 bridgehead atoms. The number of carbonyl (C=O) groups excluding carboxylic acids is 2. The molecular weight excluding hydrogens is 358 g/mol. The Bertz CT molecular complexity index is 910. The number of nitrogens with zero attached hydrogens (tertiary/aromatic N) is 1. The van der Waals surface area contributed by atoms with Crippen LogP contribution in [0.15, 0.2) is 71.5 Å². The van der Waals surface area contributed by atoms with E-state index in [1.807, 2.05) is 30.3 Å². The summed E-state index contributed by atoms with van der Waals surface area (Å²) in [4.78, 5) is 29.2. The van der Waals surface area contributed by atoms with Crippen molar-refractivity contribution in [2.75, 3.05) is 7.11 Å². The molecule has 3 aromatic rings. The van der Waals surface area contributed by atoms with Crippen molar-refractivity contribution >= 4 is 11.8 Å². The van der Waals surface area contributed by atoms with Gasteiger partial charge in [0.2, 0.25) is 11.8 Å². The molecule has 7 heteroatoms. The molecule has 0 spiro atoms. The average Bonchev–Trinajstić information content (AvgIpc) is 3.27. The fourth-order valence-corrected chi connectivity index (χ4v) is 2.68. The van der Waals surface area contributed by atoms with Crippen LogP contribution in [0.4, 0.5) is 0 Å².